The van der Waals surface area contributed by atoms with E-state index in [4.69, 9.17) is 20.6 Å². The molecule has 0 spiro atoms. The number of aromatic amines is 1. The Morgan fingerprint density at radius 3 is 2.53 bits per heavy atom. The topological polar surface area (TPSA) is 167 Å². The zero-order valence-corrected chi connectivity index (χ0v) is 18.8. The Morgan fingerprint density at radius 1 is 1.18 bits per heavy atom. The van der Waals surface area contributed by atoms with Gasteiger partial charge < -0.3 is 20.6 Å². The van der Waals surface area contributed by atoms with E-state index in [2.05, 4.69) is 4.98 Å². The molecule has 0 bridgehead atoms. The number of ether oxygens (including phenoxy) is 1. The van der Waals surface area contributed by atoms with Gasteiger partial charge in [0.25, 0.3) is 11.5 Å². The second kappa shape index (κ2) is 11.0. The third-order valence-electron chi connectivity index (χ3n) is 5.08. The van der Waals surface area contributed by atoms with Crippen molar-refractivity contribution in [2.24, 2.45) is 5.73 Å². The number of nitrogen functional groups attached to an aromatic ring is 1. The molecule has 1 aromatic carbocycles. The molecule has 0 saturated carbocycles. The second-order valence-corrected chi connectivity index (χ2v) is 7.63. The first kappa shape index (κ1) is 24.4. The number of aromatic nitrogens is 2. The standard InChI is InChI=1S/C23H27N5O6/c1-2-3-10-27-21(25)20(22(31)26-23(27)32)28(13-17-5-4-11-33-17)19(30)14-34-16-8-6-15(7-9-16)12-18(24)29/h4-9,11H,2-3,10,12-14,25H2,1H3,(H2,24,29)(H,26,31,32). The Morgan fingerprint density at radius 2 is 1.91 bits per heavy atom. The number of hydrogen-bond acceptors (Lipinski definition) is 7. The van der Waals surface area contributed by atoms with E-state index in [1.165, 1.54) is 10.8 Å². The van der Waals surface area contributed by atoms with Crippen LogP contribution in [-0.2, 0) is 29.1 Å². The summed E-state index contributed by atoms with van der Waals surface area (Å²) in [5.41, 5.74) is 10.5. The molecule has 5 N–H and O–H groups in total. The van der Waals surface area contributed by atoms with Crippen molar-refractivity contribution in [1.29, 1.82) is 0 Å². The van der Waals surface area contributed by atoms with Crippen LogP contribution in [0.4, 0.5) is 11.5 Å². The van der Waals surface area contributed by atoms with Crippen molar-refractivity contribution in [2.75, 3.05) is 17.2 Å². The molecule has 0 radical (unpaired) electrons. The third-order valence-corrected chi connectivity index (χ3v) is 5.08. The Kier molecular flexibility index (Phi) is 7.91. The number of primary amides is 1. The van der Waals surface area contributed by atoms with Gasteiger partial charge in [0.05, 0.1) is 19.2 Å². The fourth-order valence-electron chi connectivity index (χ4n) is 3.35. The maximum Gasteiger partial charge on any atom is 0.330 e. The summed E-state index contributed by atoms with van der Waals surface area (Å²) in [6.45, 7) is 1.75. The van der Waals surface area contributed by atoms with Gasteiger partial charge in [-0.05, 0) is 36.2 Å². The lowest BCUT2D eigenvalue weighted by Gasteiger charge is -2.24. The van der Waals surface area contributed by atoms with Crippen LogP contribution in [0.5, 0.6) is 5.75 Å². The van der Waals surface area contributed by atoms with E-state index in [0.29, 0.717) is 30.0 Å². The van der Waals surface area contributed by atoms with Gasteiger partial charge in [0.1, 0.15) is 17.3 Å². The summed E-state index contributed by atoms with van der Waals surface area (Å²) in [7, 11) is 0. The lowest BCUT2D eigenvalue weighted by Crippen LogP contribution is -2.42. The summed E-state index contributed by atoms with van der Waals surface area (Å²) < 4.78 is 12.2. The Hall–Kier alpha value is -4.28. The van der Waals surface area contributed by atoms with Crippen LogP contribution in [-0.4, -0.2) is 28.0 Å². The van der Waals surface area contributed by atoms with E-state index < -0.39 is 29.7 Å². The maximum absolute atomic E-state index is 13.2. The van der Waals surface area contributed by atoms with E-state index in [1.54, 1.807) is 36.4 Å². The molecular weight excluding hydrogens is 442 g/mol. The molecule has 11 heteroatoms. The molecule has 0 aliphatic rings. The quantitative estimate of drug-likeness (QED) is 0.379. The van der Waals surface area contributed by atoms with E-state index in [1.807, 2.05) is 6.92 Å². The van der Waals surface area contributed by atoms with Crippen LogP contribution in [0.2, 0.25) is 0 Å². The molecule has 11 nitrogen and oxygen atoms in total. The van der Waals surface area contributed by atoms with Gasteiger partial charge in [-0.25, -0.2) is 4.79 Å². The van der Waals surface area contributed by atoms with Gasteiger partial charge in [0.15, 0.2) is 12.3 Å². The van der Waals surface area contributed by atoms with Crippen molar-refractivity contribution in [2.45, 2.75) is 39.3 Å². The van der Waals surface area contributed by atoms with Crippen LogP contribution < -0.4 is 32.4 Å². The lowest BCUT2D eigenvalue weighted by molar-refractivity contribution is -0.120. The molecule has 0 atom stereocenters. The second-order valence-electron chi connectivity index (χ2n) is 7.63. The molecule has 180 valence electrons. The van der Waals surface area contributed by atoms with Gasteiger partial charge in [0.2, 0.25) is 5.91 Å². The van der Waals surface area contributed by atoms with Crippen LogP contribution in [0.1, 0.15) is 31.1 Å². The predicted molar refractivity (Wildman–Crippen MR) is 125 cm³/mol. The number of nitrogens with zero attached hydrogens (tertiary/aromatic N) is 2. The van der Waals surface area contributed by atoms with Crippen LogP contribution in [0, 0.1) is 0 Å². The van der Waals surface area contributed by atoms with E-state index in [0.717, 1.165) is 11.3 Å². The van der Waals surface area contributed by atoms with E-state index in [9.17, 15) is 19.2 Å². The highest BCUT2D eigenvalue weighted by molar-refractivity contribution is 5.96. The molecule has 0 saturated heterocycles. The number of carbonyl (C=O) groups is 2. The van der Waals surface area contributed by atoms with Crippen LogP contribution in [0.25, 0.3) is 0 Å². The Balaban J connectivity index is 1.88. The molecule has 0 aliphatic heterocycles. The molecule has 0 fully saturated rings. The highest BCUT2D eigenvalue weighted by atomic mass is 16.5. The van der Waals surface area contributed by atoms with Crippen molar-refractivity contribution in [3.05, 3.63) is 74.8 Å². The number of hydrogen-bond donors (Lipinski definition) is 3. The summed E-state index contributed by atoms with van der Waals surface area (Å²) in [6, 6.07) is 9.84. The van der Waals surface area contributed by atoms with Gasteiger partial charge in [-0.15, -0.1) is 0 Å². The molecule has 2 amide bonds. The summed E-state index contributed by atoms with van der Waals surface area (Å²) >= 11 is 0. The van der Waals surface area contributed by atoms with Crippen molar-refractivity contribution in [3.63, 3.8) is 0 Å². The maximum atomic E-state index is 13.2. The number of carbonyl (C=O) groups excluding carboxylic acids is 2. The number of anilines is 2. The lowest BCUT2D eigenvalue weighted by atomic mass is 10.1. The SMILES string of the molecule is CCCCn1c(N)c(N(Cc2ccco2)C(=O)COc2ccc(CC(N)=O)cc2)c(=O)[nH]c1=O. The molecule has 34 heavy (non-hydrogen) atoms. The zero-order chi connectivity index (χ0) is 24.7. The number of nitrogens with two attached hydrogens (primary N) is 2. The number of rotatable bonds is 11. The minimum Gasteiger partial charge on any atom is -0.484 e. The third kappa shape index (κ3) is 5.94. The monoisotopic (exact) mass is 469 g/mol. The normalized spacial score (nSPS) is 10.7. The van der Waals surface area contributed by atoms with Gasteiger partial charge >= 0.3 is 5.69 Å². The van der Waals surface area contributed by atoms with Gasteiger partial charge in [-0.1, -0.05) is 25.5 Å². The summed E-state index contributed by atoms with van der Waals surface area (Å²) in [5.74, 6) is -0.350. The molecule has 0 aliphatic carbocycles. The van der Waals surface area contributed by atoms with Crippen molar-refractivity contribution in [1.82, 2.24) is 9.55 Å². The van der Waals surface area contributed by atoms with E-state index >= 15 is 0 Å². The molecule has 2 heterocycles. The number of amides is 2. The van der Waals surface area contributed by atoms with Gasteiger partial charge in [0, 0.05) is 6.54 Å². The van der Waals surface area contributed by atoms with Crippen LogP contribution in [0.3, 0.4) is 0 Å². The summed E-state index contributed by atoms with van der Waals surface area (Å²) in [5, 5.41) is 0. The summed E-state index contributed by atoms with van der Waals surface area (Å²) in [4.78, 5) is 52.6. The molecule has 2 aromatic heterocycles. The first-order chi connectivity index (χ1) is 16.3. The fraction of sp³-hybridized carbons (Fsp3) is 0.304. The van der Waals surface area contributed by atoms with E-state index in [-0.39, 0.29) is 24.5 Å². The minimum atomic E-state index is -0.786. The van der Waals surface area contributed by atoms with Crippen molar-refractivity contribution in [3.8, 4) is 5.75 Å². The number of benzene rings is 1. The number of furan rings is 1. The molecular formula is C23H27N5O6. The molecule has 0 unspecified atom stereocenters. The Labute approximate surface area is 194 Å². The van der Waals surface area contributed by atoms with Crippen molar-refractivity contribution >= 4 is 23.3 Å². The smallest absolute Gasteiger partial charge is 0.330 e. The minimum absolute atomic E-state index is 0.0892. The zero-order valence-electron chi connectivity index (χ0n) is 18.8. The first-order valence-corrected chi connectivity index (χ1v) is 10.8. The van der Waals surface area contributed by atoms with Gasteiger partial charge in [-0.3, -0.25) is 28.8 Å². The van der Waals surface area contributed by atoms with Crippen LogP contribution >= 0.6 is 0 Å². The molecule has 3 aromatic rings. The Bertz CT molecular complexity index is 1240. The largest absolute Gasteiger partial charge is 0.484 e. The average Bonchev–Trinajstić information content (AvgIpc) is 3.30. The number of unbranched alkanes of at least 4 members (excludes halogenated alkanes) is 1. The van der Waals surface area contributed by atoms with Gasteiger partial charge in [-0.2, -0.15) is 0 Å². The fourth-order valence-corrected chi connectivity index (χ4v) is 3.35. The number of nitrogens with one attached hydrogen (secondary N) is 1. The number of H-pyrrole nitrogens is 1. The molecule has 3 rings (SSSR count). The summed E-state index contributed by atoms with van der Waals surface area (Å²) in [6.07, 6.45) is 3.00. The highest BCUT2D eigenvalue weighted by Gasteiger charge is 2.25. The average molecular weight is 469 g/mol. The van der Waals surface area contributed by atoms with Crippen molar-refractivity contribution < 1.29 is 18.7 Å². The highest BCUT2D eigenvalue weighted by Crippen LogP contribution is 2.21. The predicted octanol–water partition coefficient (Wildman–Crippen LogP) is 1.15. The van der Waals surface area contributed by atoms with Crippen LogP contribution in [0.15, 0.2) is 56.7 Å². The first-order valence-electron chi connectivity index (χ1n) is 10.8.